The van der Waals surface area contributed by atoms with Gasteiger partial charge in [-0.2, -0.15) is 4.98 Å². The third kappa shape index (κ3) is 3.98. The van der Waals surface area contributed by atoms with E-state index in [-0.39, 0.29) is 6.08 Å². The maximum absolute atomic E-state index is 5.59. The number of hydrogen-bond donors (Lipinski definition) is 1. The minimum Gasteiger partial charge on any atom is -0.497 e. The van der Waals surface area contributed by atoms with Crippen molar-refractivity contribution in [3.63, 3.8) is 0 Å². The second-order valence-electron chi connectivity index (χ2n) is 4.18. The normalized spacial score (nSPS) is 10.6. The van der Waals surface area contributed by atoms with Gasteiger partial charge in [0.15, 0.2) is 0 Å². The zero-order chi connectivity index (χ0) is 14.4. The maximum atomic E-state index is 5.59. The van der Waals surface area contributed by atoms with E-state index in [4.69, 9.17) is 13.9 Å². The molecule has 20 heavy (non-hydrogen) atoms. The standard InChI is InChI=1S/C14H17BrN2O3/c1-3-6-16-8-10-9-19-14(17-10)20-13-5-4-11(18-2)7-12(13)15/h4-5,7,9,16H,3,6,8H2,1-2H3. The Kier molecular flexibility index (Phi) is 5.43. The molecule has 0 radical (unpaired) electrons. The van der Waals surface area contributed by atoms with Gasteiger partial charge in [0.25, 0.3) is 0 Å². The van der Waals surface area contributed by atoms with Gasteiger partial charge in [-0.25, -0.2) is 0 Å². The molecular formula is C14H17BrN2O3. The number of hydrogen-bond acceptors (Lipinski definition) is 5. The summed E-state index contributed by atoms with van der Waals surface area (Å²) in [7, 11) is 1.62. The molecule has 6 heteroatoms. The van der Waals surface area contributed by atoms with Gasteiger partial charge in [0.05, 0.1) is 17.3 Å². The summed E-state index contributed by atoms with van der Waals surface area (Å²) >= 11 is 3.42. The SMILES string of the molecule is CCCNCc1coc(Oc2ccc(OC)cc2Br)n1. The minimum absolute atomic E-state index is 0.226. The Balaban J connectivity index is 1.99. The van der Waals surface area contributed by atoms with Crippen LogP contribution in [0.5, 0.6) is 17.6 Å². The van der Waals surface area contributed by atoms with Crippen LogP contribution < -0.4 is 14.8 Å². The Morgan fingerprint density at radius 2 is 2.25 bits per heavy atom. The first-order valence-corrected chi connectivity index (χ1v) is 7.18. The lowest BCUT2D eigenvalue weighted by atomic mass is 10.3. The molecule has 2 rings (SSSR count). The van der Waals surface area contributed by atoms with Gasteiger partial charge in [0, 0.05) is 6.54 Å². The number of halogens is 1. The number of nitrogens with one attached hydrogen (secondary N) is 1. The third-order valence-corrected chi connectivity index (χ3v) is 3.22. The van der Waals surface area contributed by atoms with Crippen LogP contribution in [0.25, 0.3) is 0 Å². The van der Waals surface area contributed by atoms with E-state index < -0.39 is 0 Å². The fourth-order valence-electron chi connectivity index (χ4n) is 1.60. The van der Waals surface area contributed by atoms with Crippen molar-refractivity contribution in [3.8, 4) is 17.6 Å². The highest BCUT2D eigenvalue weighted by Gasteiger charge is 2.09. The van der Waals surface area contributed by atoms with Crippen LogP contribution in [0.15, 0.2) is 33.4 Å². The molecule has 1 N–H and O–H groups in total. The van der Waals surface area contributed by atoms with E-state index in [2.05, 4.69) is 33.2 Å². The van der Waals surface area contributed by atoms with E-state index in [1.165, 1.54) is 0 Å². The van der Waals surface area contributed by atoms with Crippen LogP contribution in [0.1, 0.15) is 19.0 Å². The molecule has 0 aliphatic rings. The molecule has 5 nitrogen and oxygen atoms in total. The summed E-state index contributed by atoms with van der Waals surface area (Å²) in [5, 5.41) is 3.25. The van der Waals surface area contributed by atoms with E-state index in [1.807, 2.05) is 12.1 Å². The van der Waals surface area contributed by atoms with Gasteiger partial charge >= 0.3 is 6.08 Å². The molecule has 0 atom stereocenters. The second kappa shape index (κ2) is 7.31. The van der Waals surface area contributed by atoms with E-state index in [0.717, 1.165) is 28.9 Å². The van der Waals surface area contributed by atoms with Crippen LogP contribution in [-0.2, 0) is 6.54 Å². The summed E-state index contributed by atoms with van der Waals surface area (Å²) in [6.45, 7) is 3.74. The van der Waals surface area contributed by atoms with Gasteiger partial charge in [0.1, 0.15) is 17.8 Å². The number of benzene rings is 1. The van der Waals surface area contributed by atoms with Gasteiger partial charge in [-0.3, -0.25) is 0 Å². The molecule has 0 unspecified atom stereocenters. The van der Waals surface area contributed by atoms with Gasteiger partial charge in [-0.15, -0.1) is 0 Å². The van der Waals surface area contributed by atoms with Crippen molar-refractivity contribution in [2.24, 2.45) is 0 Å². The molecule has 108 valence electrons. The third-order valence-electron chi connectivity index (χ3n) is 2.60. The molecule has 2 aromatic rings. The molecule has 1 aromatic carbocycles. The van der Waals surface area contributed by atoms with Crippen molar-refractivity contribution in [2.75, 3.05) is 13.7 Å². The van der Waals surface area contributed by atoms with Crippen molar-refractivity contribution in [1.82, 2.24) is 10.3 Å². The van der Waals surface area contributed by atoms with Crippen LogP contribution in [0, 0.1) is 0 Å². The molecule has 0 fully saturated rings. The minimum atomic E-state index is 0.226. The average Bonchev–Trinajstić information content (AvgIpc) is 2.89. The molecular weight excluding hydrogens is 324 g/mol. The first-order valence-electron chi connectivity index (χ1n) is 6.39. The predicted octanol–water partition coefficient (Wildman–Crippen LogP) is 3.74. The van der Waals surface area contributed by atoms with Crippen LogP contribution in [0.4, 0.5) is 0 Å². The van der Waals surface area contributed by atoms with Gasteiger partial charge in [-0.1, -0.05) is 6.92 Å². The van der Waals surface area contributed by atoms with Crippen molar-refractivity contribution in [3.05, 3.63) is 34.6 Å². The Bertz CT molecular complexity index is 557. The van der Waals surface area contributed by atoms with Crippen LogP contribution in [0.2, 0.25) is 0 Å². The number of aromatic nitrogens is 1. The molecule has 0 bridgehead atoms. The van der Waals surface area contributed by atoms with Crippen molar-refractivity contribution in [2.45, 2.75) is 19.9 Å². The van der Waals surface area contributed by atoms with Crippen LogP contribution in [0.3, 0.4) is 0 Å². The highest BCUT2D eigenvalue weighted by atomic mass is 79.9. The van der Waals surface area contributed by atoms with Crippen LogP contribution in [-0.4, -0.2) is 18.6 Å². The maximum Gasteiger partial charge on any atom is 0.399 e. The number of methoxy groups -OCH3 is 1. The molecule has 1 heterocycles. The summed E-state index contributed by atoms with van der Waals surface area (Å²) in [4.78, 5) is 4.26. The first kappa shape index (κ1) is 14.9. The highest BCUT2D eigenvalue weighted by molar-refractivity contribution is 9.10. The number of nitrogens with zero attached hydrogens (tertiary/aromatic N) is 1. The molecule has 0 saturated heterocycles. The van der Waals surface area contributed by atoms with Gasteiger partial charge in [0.2, 0.25) is 0 Å². The molecule has 0 amide bonds. The van der Waals surface area contributed by atoms with Crippen molar-refractivity contribution >= 4 is 15.9 Å². The quantitative estimate of drug-likeness (QED) is 0.778. The summed E-state index contributed by atoms with van der Waals surface area (Å²) < 4.78 is 16.8. The Morgan fingerprint density at radius 3 is 2.95 bits per heavy atom. The Morgan fingerprint density at radius 1 is 1.40 bits per heavy atom. The highest BCUT2D eigenvalue weighted by Crippen LogP contribution is 2.32. The lowest BCUT2D eigenvalue weighted by Crippen LogP contribution is -2.13. The van der Waals surface area contributed by atoms with E-state index in [1.54, 1.807) is 19.4 Å². The zero-order valence-electron chi connectivity index (χ0n) is 11.5. The Hall–Kier alpha value is -1.53. The number of oxazole rings is 1. The summed E-state index contributed by atoms with van der Waals surface area (Å²) in [6.07, 6.45) is 2.90. The van der Waals surface area contributed by atoms with E-state index >= 15 is 0 Å². The summed E-state index contributed by atoms with van der Waals surface area (Å²) in [6, 6.07) is 5.43. The zero-order valence-corrected chi connectivity index (χ0v) is 13.1. The van der Waals surface area contributed by atoms with Crippen LogP contribution >= 0.6 is 15.9 Å². The number of rotatable bonds is 7. The van der Waals surface area contributed by atoms with Crippen molar-refractivity contribution in [1.29, 1.82) is 0 Å². The average molecular weight is 341 g/mol. The summed E-state index contributed by atoms with van der Waals surface area (Å²) in [5.41, 5.74) is 0.818. The largest absolute Gasteiger partial charge is 0.497 e. The second-order valence-corrected chi connectivity index (χ2v) is 5.03. The van der Waals surface area contributed by atoms with E-state index in [0.29, 0.717) is 12.3 Å². The van der Waals surface area contributed by atoms with E-state index in [9.17, 15) is 0 Å². The fourth-order valence-corrected chi connectivity index (χ4v) is 2.03. The lowest BCUT2D eigenvalue weighted by Gasteiger charge is -2.05. The Labute approximate surface area is 126 Å². The van der Waals surface area contributed by atoms with Gasteiger partial charge in [-0.05, 0) is 47.1 Å². The molecule has 1 aromatic heterocycles. The first-order chi connectivity index (χ1) is 9.72. The topological polar surface area (TPSA) is 56.5 Å². The van der Waals surface area contributed by atoms with Gasteiger partial charge < -0.3 is 19.2 Å². The monoisotopic (exact) mass is 340 g/mol. The number of ether oxygens (including phenoxy) is 2. The molecule has 0 aliphatic carbocycles. The smallest absolute Gasteiger partial charge is 0.399 e. The fraction of sp³-hybridized carbons (Fsp3) is 0.357. The molecule has 0 saturated carbocycles. The molecule has 0 aliphatic heterocycles. The lowest BCUT2D eigenvalue weighted by molar-refractivity contribution is 0.328. The summed E-state index contributed by atoms with van der Waals surface area (Å²) in [5.74, 6) is 1.38. The molecule has 0 spiro atoms. The predicted molar refractivity (Wildman–Crippen MR) is 79.3 cm³/mol. The van der Waals surface area contributed by atoms with Crippen molar-refractivity contribution < 1.29 is 13.9 Å².